The van der Waals surface area contributed by atoms with Gasteiger partial charge in [-0.1, -0.05) is 67.6 Å². The van der Waals surface area contributed by atoms with Gasteiger partial charge in [0.1, 0.15) is 5.82 Å². The molecule has 2 aliphatic rings. The lowest BCUT2D eigenvalue weighted by Gasteiger charge is -2.32. The SMILES string of the molecule is CCC1=CC(C)(C(=O)NC(C)C2=CCCC=C2)CC=C1c1cc(NC(=O)CCc2ccccc2)ncc1C. The third kappa shape index (κ3) is 6.58. The van der Waals surface area contributed by atoms with E-state index in [1.807, 2.05) is 63.4 Å². The van der Waals surface area contributed by atoms with Crippen molar-refractivity contribution in [2.24, 2.45) is 5.41 Å². The van der Waals surface area contributed by atoms with Crippen LogP contribution in [0.5, 0.6) is 0 Å². The Morgan fingerprint density at radius 2 is 1.92 bits per heavy atom. The molecule has 0 aliphatic heterocycles. The second-order valence-electron chi connectivity index (χ2n) is 10.6. The van der Waals surface area contributed by atoms with E-state index in [2.05, 4.69) is 52.9 Å². The number of nitrogens with zero attached hydrogens (tertiary/aromatic N) is 1. The lowest BCUT2D eigenvalue weighted by molar-refractivity contribution is -0.128. The highest BCUT2D eigenvalue weighted by atomic mass is 16.2. The number of rotatable bonds is 9. The summed E-state index contributed by atoms with van der Waals surface area (Å²) in [5.41, 5.74) is 6.02. The van der Waals surface area contributed by atoms with Crippen LogP contribution in [-0.4, -0.2) is 22.8 Å². The molecule has 1 aromatic heterocycles. The highest BCUT2D eigenvalue weighted by Gasteiger charge is 2.34. The molecule has 2 unspecified atom stereocenters. The van der Waals surface area contributed by atoms with E-state index in [-0.39, 0.29) is 17.9 Å². The lowest BCUT2D eigenvalue weighted by Crippen LogP contribution is -2.43. The number of nitrogens with one attached hydrogen (secondary N) is 2. The molecule has 1 heterocycles. The Bertz CT molecular complexity index is 1300. The van der Waals surface area contributed by atoms with Gasteiger partial charge >= 0.3 is 0 Å². The van der Waals surface area contributed by atoms with Crippen LogP contribution >= 0.6 is 0 Å². The molecular formula is C33H39N3O2. The van der Waals surface area contributed by atoms with Gasteiger partial charge in [0, 0.05) is 12.6 Å². The second-order valence-corrected chi connectivity index (χ2v) is 10.6. The maximum absolute atomic E-state index is 13.4. The minimum atomic E-state index is -0.614. The number of anilines is 1. The van der Waals surface area contributed by atoms with E-state index < -0.39 is 5.41 Å². The predicted molar refractivity (Wildman–Crippen MR) is 156 cm³/mol. The van der Waals surface area contributed by atoms with Crippen LogP contribution in [0.25, 0.3) is 5.57 Å². The number of carbonyl (C=O) groups excluding carboxylic acids is 2. The van der Waals surface area contributed by atoms with Crippen LogP contribution in [-0.2, 0) is 16.0 Å². The Hall–Kier alpha value is -3.73. The molecule has 1 aromatic carbocycles. The first-order valence-corrected chi connectivity index (χ1v) is 13.7. The summed E-state index contributed by atoms with van der Waals surface area (Å²) in [7, 11) is 0. The van der Waals surface area contributed by atoms with Crippen molar-refractivity contribution < 1.29 is 9.59 Å². The summed E-state index contributed by atoms with van der Waals surface area (Å²) in [6, 6.07) is 11.9. The predicted octanol–water partition coefficient (Wildman–Crippen LogP) is 6.87. The maximum Gasteiger partial charge on any atom is 0.230 e. The number of aryl methyl sites for hydroxylation is 2. The van der Waals surface area contributed by atoms with E-state index in [1.54, 1.807) is 0 Å². The van der Waals surface area contributed by atoms with Crippen molar-refractivity contribution in [1.29, 1.82) is 0 Å². The van der Waals surface area contributed by atoms with Crippen LogP contribution in [0.4, 0.5) is 5.82 Å². The van der Waals surface area contributed by atoms with Gasteiger partial charge in [-0.3, -0.25) is 9.59 Å². The molecule has 0 saturated heterocycles. The summed E-state index contributed by atoms with van der Waals surface area (Å²) in [6.07, 6.45) is 17.2. The van der Waals surface area contributed by atoms with Gasteiger partial charge in [0.2, 0.25) is 11.8 Å². The quantitative estimate of drug-likeness (QED) is 0.387. The molecule has 2 amide bonds. The standard InChI is InChI=1S/C33H39N3O2/c1-5-26-21-33(4,32(38)35-24(3)27-14-10-7-11-15-27)19-18-28(26)29-20-30(34-22-23(29)2)36-31(37)17-16-25-12-8-6-9-13-25/h6,8-10,12-15,18,20-22,24H,5,7,11,16-17,19H2,1-4H3,(H,35,38)(H,34,36,37). The Morgan fingerprint density at radius 3 is 2.63 bits per heavy atom. The summed E-state index contributed by atoms with van der Waals surface area (Å²) in [6.45, 7) is 8.21. The highest BCUT2D eigenvalue weighted by molar-refractivity contribution is 5.92. The minimum absolute atomic E-state index is 0.0183. The molecule has 2 N–H and O–H groups in total. The molecule has 0 spiro atoms. The van der Waals surface area contributed by atoms with Crippen LogP contribution in [0, 0.1) is 12.3 Å². The van der Waals surface area contributed by atoms with Gasteiger partial charge in [-0.2, -0.15) is 0 Å². The van der Waals surface area contributed by atoms with Gasteiger partial charge in [0.25, 0.3) is 0 Å². The highest BCUT2D eigenvalue weighted by Crippen LogP contribution is 2.40. The third-order valence-corrected chi connectivity index (χ3v) is 7.48. The first kappa shape index (κ1) is 27.3. The summed E-state index contributed by atoms with van der Waals surface area (Å²) in [5.74, 6) is 0.541. The van der Waals surface area contributed by atoms with E-state index >= 15 is 0 Å². The fraction of sp³-hybridized carbons (Fsp3) is 0.364. The molecule has 2 atom stereocenters. The van der Waals surface area contributed by atoms with Gasteiger partial charge in [-0.15, -0.1) is 0 Å². The molecule has 4 rings (SSSR count). The molecule has 2 aromatic rings. The number of hydrogen-bond acceptors (Lipinski definition) is 3. The van der Waals surface area contributed by atoms with Gasteiger partial charge in [0.05, 0.1) is 11.5 Å². The molecule has 0 radical (unpaired) electrons. The van der Waals surface area contributed by atoms with Gasteiger partial charge in [0.15, 0.2) is 0 Å². The monoisotopic (exact) mass is 509 g/mol. The third-order valence-electron chi connectivity index (χ3n) is 7.48. The van der Waals surface area contributed by atoms with Crippen molar-refractivity contribution in [3.8, 4) is 0 Å². The molecule has 0 saturated carbocycles. The lowest BCUT2D eigenvalue weighted by atomic mass is 9.75. The van der Waals surface area contributed by atoms with Crippen molar-refractivity contribution in [3.63, 3.8) is 0 Å². The number of carbonyl (C=O) groups is 2. The molecule has 0 bridgehead atoms. The van der Waals surface area contributed by atoms with E-state index in [0.717, 1.165) is 47.1 Å². The molecule has 2 aliphatic carbocycles. The number of aromatic nitrogens is 1. The van der Waals surface area contributed by atoms with Crippen molar-refractivity contribution in [2.75, 3.05) is 5.32 Å². The van der Waals surface area contributed by atoms with Crippen molar-refractivity contribution in [1.82, 2.24) is 10.3 Å². The van der Waals surface area contributed by atoms with Crippen LogP contribution in [0.3, 0.4) is 0 Å². The number of pyridine rings is 1. The zero-order valence-corrected chi connectivity index (χ0v) is 23.0. The maximum atomic E-state index is 13.4. The van der Waals surface area contributed by atoms with Gasteiger partial charge < -0.3 is 10.6 Å². The molecule has 38 heavy (non-hydrogen) atoms. The molecular weight excluding hydrogens is 470 g/mol. The Balaban J connectivity index is 1.46. The Morgan fingerprint density at radius 1 is 1.13 bits per heavy atom. The van der Waals surface area contributed by atoms with Crippen molar-refractivity contribution >= 4 is 23.2 Å². The van der Waals surface area contributed by atoms with Crippen LogP contribution in [0.15, 0.2) is 84.1 Å². The fourth-order valence-electron chi connectivity index (χ4n) is 5.09. The normalized spacial score (nSPS) is 19.6. The van der Waals surface area contributed by atoms with Crippen molar-refractivity contribution in [3.05, 3.63) is 101 Å². The van der Waals surface area contributed by atoms with E-state index in [1.165, 1.54) is 5.57 Å². The summed E-state index contributed by atoms with van der Waals surface area (Å²) in [5, 5.41) is 6.20. The molecule has 5 heteroatoms. The molecule has 0 fully saturated rings. The topological polar surface area (TPSA) is 71.1 Å². The van der Waals surface area contributed by atoms with Crippen LogP contribution in [0.1, 0.15) is 69.6 Å². The van der Waals surface area contributed by atoms with Gasteiger partial charge in [-0.05, 0) is 92.4 Å². The zero-order valence-electron chi connectivity index (χ0n) is 23.0. The fourth-order valence-corrected chi connectivity index (χ4v) is 5.09. The van der Waals surface area contributed by atoms with Crippen molar-refractivity contribution in [2.45, 2.75) is 72.3 Å². The molecule has 5 nitrogen and oxygen atoms in total. The number of amides is 2. The van der Waals surface area contributed by atoms with E-state index in [4.69, 9.17) is 0 Å². The van der Waals surface area contributed by atoms with E-state index in [9.17, 15) is 9.59 Å². The first-order chi connectivity index (χ1) is 18.3. The Kier molecular flexibility index (Phi) is 8.77. The van der Waals surface area contributed by atoms with Crippen LogP contribution < -0.4 is 10.6 Å². The summed E-state index contributed by atoms with van der Waals surface area (Å²) in [4.78, 5) is 30.5. The number of allylic oxidation sites excluding steroid dienone is 5. The first-order valence-electron chi connectivity index (χ1n) is 13.7. The second kappa shape index (κ2) is 12.2. The van der Waals surface area contributed by atoms with E-state index in [0.29, 0.717) is 25.1 Å². The number of hydrogen-bond donors (Lipinski definition) is 2. The largest absolute Gasteiger partial charge is 0.349 e. The van der Waals surface area contributed by atoms with Gasteiger partial charge in [-0.25, -0.2) is 4.98 Å². The summed E-state index contributed by atoms with van der Waals surface area (Å²) >= 11 is 0. The smallest absolute Gasteiger partial charge is 0.230 e. The summed E-state index contributed by atoms with van der Waals surface area (Å²) < 4.78 is 0. The van der Waals surface area contributed by atoms with Crippen LogP contribution in [0.2, 0.25) is 0 Å². The Labute approximate surface area is 226 Å². The number of benzene rings is 1. The minimum Gasteiger partial charge on any atom is -0.349 e. The average Bonchev–Trinajstić information content (AvgIpc) is 2.94. The molecule has 198 valence electrons. The zero-order chi connectivity index (χ0) is 27.1. The average molecular weight is 510 g/mol.